The average Bonchev–Trinajstić information content (AvgIpc) is 3.20. The predicted octanol–water partition coefficient (Wildman–Crippen LogP) is 0.963. The first-order valence-corrected chi connectivity index (χ1v) is 7.96. The van der Waals surface area contributed by atoms with Crippen molar-refractivity contribution < 1.29 is 9.53 Å². The Hall–Kier alpha value is -2.18. The molecule has 0 radical (unpaired) electrons. The zero-order chi connectivity index (χ0) is 15.7. The van der Waals surface area contributed by atoms with Gasteiger partial charge in [0.2, 0.25) is 5.91 Å². The molecule has 2 saturated heterocycles. The highest BCUT2D eigenvalue weighted by molar-refractivity contribution is 5.78. The van der Waals surface area contributed by atoms with Crippen LogP contribution in [-0.4, -0.2) is 52.4 Å². The first-order valence-electron chi connectivity index (χ1n) is 7.96. The molecule has 2 aliphatic rings. The summed E-state index contributed by atoms with van der Waals surface area (Å²) in [6.45, 7) is 3.42. The van der Waals surface area contributed by atoms with Crippen molar-refractivity contribution in [3.8, 4) is 5.69 Å². The van der Waals surface area contributed by atoms with Gasteiger partial charge in [0, 0.05) is 32.4 Å². The van der Waals surface area contributed by atoms with E-state index < -0.39 is 0 Å². The van der Waals surface area contributed by atoms with Gasteiger partial charge in [-0.25, -0.2) is 4.68 Å². The molecule has 1 spiro atoms. The van der Waals surface area contributed by atoms with Gasteiger partial charge in [-0.15, -0.1) is 0 Å². The molecule has 2 fully saturated rings. The van der Waals surface area contributed by atoms with Crippen molar-refractivity contribution in [2.75, 3.05) is 26.2 Å². The maximum Gasteiger partial charge on any atom is 0.246 e. The molecule has 1 unspecified atom stereocenters. The summed E-state index contributed by atoms with van der Waals surface area (Å²) >= 11 is 0. The molecule has 1 aromatic heterocycles. The standard InChI is InChI=1S/C17H20N4O2/c22-16-11-23-17(12-18-16)7-9-20(13-17)10-15-6-8-19-21(15)14-4-2-1-3-5-14/h1-6,8H,7,9-13H2,(H,18,22). The van der Waals surface area contributed by atoms with Crippen LogP contribution in [0.3, 0.4) is 0 Å². The number of likely N-dealkylation sites (tertiary alicyclic amines) is 1. The van der Waals surface area contributed by atoms with Crippen LogP contribution >= 0.6 is 0 Å². The molecule has 0 saturated carbocycles. The third-order valence-electron chi connectivity index (χ3n) is 4.62. The van der Waals surface area contributed by atoms with Crippen LogP contribution in [0, 0.1) is 0 Å². The maximum atomic E-state index is 11.3. The number of nitrogens with one attached hydrogen (secondary N) is 1. The van der Waals surface area contributed by atoms with Crippen LogP contribution in [0.1, 0.15) is 12.1 Å². The lowest BCUT2D eigenvalue weighted by Gasteiger charge is -2.33. The molecular weight excluding hydrogens is 292 g/mol. The molecule has 3 heterocycles. The van der Waals surface area contributed by atoms with Gasteiger partial charge in [0.05, 0.1) is 17.0 Å². The van der Waals surface area contributed by atoms with E-state index in [0.717, 1.165) is 37.4 Å². The quantitative estimate of drug-likeness (QED) is 0.917. The van der Waals surface area contributed by atoms with E-state index in [1.165, 1.54) is 0 Å². The summed E-state index contributed by atoms with van der Waals surface area (Å²) in [5.41, 5.74) is 2.02. The second-order valence-corrected chi connectivity index (χ2v) is 6.28. The molecule has 1 amide bonds. The van der Waals surface area contributed by atoms with E-state index in [4.69, 9.17) is 4.74 Å². The van der Waals surface area contributed by atoms with Crippen LogP contribution in [0.15, 0.2) is 42.6 Å². The van der Waals surface area contributed by atoms with E-state index in [0.29, 0.717) is 6.54 Å². The smallest absolute Gasteiger partial charge is 0.246 e. The number of ether oxygens (including phenoxy) is 1. The number of carbonyl (C=O) groups excluding carboxylic acids is 1. The largest absolute Gasteiger partial charge is 0.362 e. The number of hydrogen-bond donors (Lipinski definition) is 1. The number of nitrogens with zero attached hydrogens (tertiary/aromatic N) is 3. The number of benzene rings is 1. The number of hydrogen-bond acceptors (Lipinski definition) is 4. The summed E-state index contributed by atoms with van der Waals surface area (Å²) in [6.07, 6.45) is 2.79. The minimum Gasteiger partial charge on any atom is -0.362 e. The fourth-order valence-corrected chi connectivity index (χ4v) is 3.39. The van der Waals surface area contributed by atoms with E-state index in [-0.39, 0.29) is 18.1 Å². The topological polar surface area (TPSA) is 59.4 Å². The molecular formula is C17H20N4O2. The highest BCUT2D eigenvalue weighted by atomic mass is 16.5. The highest BCUT2D eigenvalue weighted by Gasteiger charge is 2.42. The molecule has 4 rings (SSSR count). The molecule has 2 aliphatic heterocycles. The van der Waals surface area contributed by atoms with Gasteiger partial charge in [-0.3, -0.25) is 9.69 Å². The number of aromatic nitrogens is 2. The van der Waals surface area contributed by atoms with Gasteiger partial charge in [0.1, 0.15) is 6.61 Å². The van der Waals surface area contributed by atoms with E-state index in [9.17, 15) is 4.79 Å². The van der Waals surface area contributed by atoms with Crippen molar-refractivity contribution >= 4 is 5.91 Å². The molecule has 1 N–H and O–H groups in total. The minimum absolute atomic E-state index is 0.0174. The van der Waals surface area contributed by atoms with Crippen molar-refractivity contribution in [3.05, 3.63) is 48.3 Å². The maximum absolute atomic E-state index is 11.3. The zero-order valence-corrected chi connectivity index (χ0v) is 12.9. The lowest BCUT2D eigenvalue weighted by molar-refractivity contribution is -0.142. The molecule has 2 aromatic rings. The summed E-state index contributed by atoms with van der Waals surface area (Å²) in [4.78, 5) is 13.7. The van der Waals surface area contributed by atoms with Crippen LogP contribution in [-0.2, 0) is 16.1 Å². The van der Waals surface area contributed by atoms with Crippen molar-refractivity contribution in [2.45, 2.75) is 18.6 Å². The molecule has 120 valence electrons. The van der Waals surface area contributed by atoms with Gasteiger partial charge in [-0.2, -0.15) is 5.10 Å². The van der Waals surface area contributed by atoms with Gasteiger partial charge < -0.3 is 10.1 Å². The van der Waals surface area contributed by atoms with E-state index in [1.54, 1.807) is 0 Å². The zero-order valence-electron chi connectivity index (χ0n) is 12.9. The molecule has 1 atom stereocenters. The fraction of sp³-hybridized carbons (Fsp3) is 0.412. The Morgan fingerprint density at radius 1 is 1.26 bits per heavy atom. The molecule has 23 heavy (non-hydrogen) atoms. The first-order chi connectivity index (χ1) is 11.2. The predicted molar refractivity (Wildman–Crippen MR) is 85.2 cm³/mol. The van der Waals surface area contributed by atoms with Crippen molar-refractivity contribution in [3.63, 3.8) is 0 Å². The van der Waals surface area contributed by atoms with E-state index >= 15 is 0 Å². The van der Waals surface area contributed by atoms with Gasteiger partial charge in [0.15, 0.2) is 0 Å². The number of carbonyl (C=O) groups is 1. The SMILES string of the molecule is O=C1COC2(CCN(Cc3ccnn3-c3ccccc3)C2)CN1. The number of amides is 1. The second kappa shape index (κ2) is 5.79. The highest BCUT2D eigenvalue weighted by Crippen LogP contribution is 2.28. The summed E-state index contributed by atoms with van der Waals surface area (Å²) in [5, 5.41) is 7.37. The third kappa shape index (κ3) is 2.87. The first kappa shape index (κ1) is 14.4. The third-order valence-corrected chi connectivity index (χ3v) is 4.62. The van der Waals surface area contributed by atoms with Gasteiger partial charge >= 0.3 is 0 Å². The van der Waals surface area contributed by atoms with Crippen LogP contribution in [0.2, 0.25) is 0 Å². The molecule has 0 aliphatic carbocycles. The Morgan fingerprint density at radius 3 is 2.91 bits per heavy atom. The summed E-state index contributed by atoms with van der Waals surface area (Å²) in [6, 6.07) is 12.2. The van der Waals surface area contributed by atoms with Crippen LogP contribution in [0.5, 0.6) is 0 Å². The molecule has 1 aromatic carbocycles. The number of para-hydroxylation sites is 1. The summed E-state index contributed by atoms with van der Waals surface area (Å²) in [7, 11) is 0. The van der Waals surface area contributed by atoms with Crippen LogP contribution < -0.4 is 5.32 Å². The summed E-state index contributed by atoms with van der Waals surface area (Å²) < 4.78 is 7.81. The van der Waals surface area contributed by atoms with Gasteiger partial charge in [-0.05, 0) is 24.6 Å². The Labute approximate surface area is 135 Å². The molecule has 6 nitrogen and oxygen atoms in total. The second-order valence-electron chi connectivity index (χ2n) is 6.28. The Bertz CT molecular complexity index is 688. The monoisotopic (exact) mass is 312 g/mol. The van der Waals surface area contributed by atoms with Crippen molar-refractivity contribution in [1.82, 2.24) is 20.0 Å². The summed E-state index contributed by atoms with van der Waals surface area (Å²) in [5.74, 6) is -0.0174. The molecule has 6 heteroatoms. The van der Waals surface area contributed by atoms with E-state index in [1.807, 2.05) is 29.1 Å². The lowest BCUT2D eigenvalue weighted by atomic mass is 10.0. The van der Waals surface area contributed by atoms with Crippen LogP contribution in [0.25, 0.3) is 5.69 Å². The number of rotatable bonds is 3. The van der Waals surface area contributed by atoms with Crippen molar-refractivity contribution in [1.29, 1.82) is 0 Å². The van der Waals surface area contributed by atoms with Gasteiger partial charge in [-0.1, -0.05) is 18.2 Å². The minimum atomic E-state index is -0.217. The Morgan fingerprint density at radius 2 is 2.13 bits per heavy atom. The Balaban J connectivity index is 1.46. The molecule has 0 bridgehead atoms. The number of morpholine rings is 1. The Kier molecular flexibility index (Phi) is 3.63. The lowest BCUT2D eigenvalue weighted by Crippen LogP contribution is -2.53. The average molecular weight is 312 g/mol. The van der Waals surface area contributed by atoms with E-state index in [2.05, 4.69) is 33.5 Å². The van der Waals surface area contributed by atoms with Crippen LogP contribution in [0.4, 0.5) is 0 Å². The van der Waals surface area contributed by atoms with Crippen molar-refractivity contribution in [2.24, 2.45) is 0 Å². The van der Waals surface area contributed by atoms with Gasteiger partial charge in [0.25, 0.3) is 0 Å². The fourth-order valence-electron chi connectivity index (χ4n) is 3.39. The normalized spacial score (nSPS) is 25.0.